The maximum atomic E-state index is 11.3. The maximum absolute atomic E-state index is 11.3. The molecule has 4 N–H and O–H groups in total. The molecular weight excluding hydrogens is 194 g/mol. The third-order valence-corrected chi connectivity index (χ3v) is 2.56. The molecule has 0 saturated heterocycles. The van der Waals surface area contributed by atoms with Crippen molar-refractivity contribution < 1.29 is 9.59 Å². The highest BCUT2D eigenvalue weighted by Gasteiger charge is 2.36. The van der Waals surface area contributed by atoms with Crippen LogP contribution in [0, 0.1) is 5.92 Å². The van der Waals surface area contributed by atoms with Crippen LogP contribution in [-0.2, 0) is 9.59 Å². The van der Waals surface area contributed by atoms with Gasteiger partial charge in [-0.25, -0.2) is 0 Å². The van der Waals surface area contributed by atoms with Crippen molar-refractivity contribution in [2.75, 3.05) is 13.1 Å². The molecule has 5 nitrogen and oxygen atoms in total. The van der Waals surface area contributed by atoms with Crippen molar-refractivity contribution >= 4 is 11.8 Å². The van der Waals surface area contributed by atoms with Gasteiger partial charge in [0.1, 0.15) is 0 Å². The summed E-state index contributed by atoms with van der Waals surface area (Å²) in [5.74, 6) is 0.218. The zero-order valence-corrected chi connectivity index (χ0v) is 9.08. The van der Waals surface area contributed by atoms with Gasteiger partial charge in [-0.3, -0.25) is 9.59 Å². The molecule has 1 fully saturated rings. The number of hydrogen-bond acceptors (Lipinski definition) is 3. The van der Waals surface area contributed by atoms with Crippen LogP contribution in [-0.4, -0.2) is 30.9 Å². The van der Waals surface area contributed by atoms with Crippen molar-refractivity contribution in [2.45, 2.75) is 32.2 Å². The van der Waals surface area contributed by atoms with E-state index in [-0.39, 0.29) is 24.9 Å². The Balaban J connectivity index is 2.07. The SMILES string of the molecule is CCCC1CC1NC(=O)CNC(=O)CN. The van der Waals surface area contributed by atoms with Gasteiger partial charge in [0.2, 0.25) is 11.8 Å². The monoisotopic (exact) mass is 213 g/mol. The number of nitrogens with one attached hydrogen (secondary N) is 2. The summed E-state index contributed by atoms with van der Waals surface area (Å²) < 4.78 is 0. The first-order valence-electron chi connectivity index (χ1n) is 5.43. The lowest BCUT2D eigenvalue weighted by Gasteiger charge is -2.05. The van der Waals surface area contributed by atoms with Gasteiger partial charge in [-0.1, -0.05) is 13.3 Å². The van der Waals surface area contributed by atoms with E-state index in [1.54, 1.807) is 0 Å². The van der Waals surface area contributed by atoms with Crippen molar-refractivity contribution in [1.82, 2.24) is 10.6 Å². The highest BCUT2D eigenvalue weighted by atomic mass is 16.2. The Labute approximate surface area is 89.8 Å². The van der Waals surface area contributed by atoms with Crippen molar-refractivity contribution in [3.8, 4) is 0 Å². The number of nitrogens with two attached hydrogens (primary N) is 1. The van der Waals surface area contributed by atoms with Gasteiger partial charge < -0.3 is 16.4 Å². The molecule has 1 saturated carbocycles. The van der Waals surface area contributed by atoms with E-state index < -0.39 is 0 Å². The van der Waals surface area contributed by atoms with E-state index in [1.165, 1.54) is 6.42 Å². The predicted molar refractivity (Wildman–Crippen MR) is 57.0 cm³/mol. The van der Waals surface area contributed by atoms with Crippen LogP contribution in [0.15, 0.2) is 0 Å². The summed E-state index contributed by atoms with van der Waals surface area (Å²) in [4.78, 5) is 22.1. The van der Waals surface area contributed by atoms with Gasteiger partial charge in [0, 0.05) is 6.04 Å². The molecule has 2 atom stereocenters. The second-order valence-corrected chi connectivity index (χ2v) is 3.94. The molecule has 0 aromatic heterocycles. The van der Waals surface area contributed by atoms with Crippen LogP contribution in [0.25, 0.3) is 0 Å². The van der Waals surface area contributed by atoms with Crippen LogP contribution in [0.1, 0.15) is 26.2 Å². The fourth-order valence-electron chi connectivity index (χ4n) is 1.62. The summed E-state index contributed by atoms with van der Waals surface area (Å²) in [5.41, 5.74) is 5.09. The molecule has 86 valence electrons. The highest BCUT2D eigenvalue weighted by Crippen LogP contribution is 2.34. The van der Waals surface area contributed by atoms with Crippen molar-refractivity contribution in [3.05, 3.63) is 0 Å². The molecule has 15 heavy (non-hydrogen) atoms. The summed E-state index contributed by atoms with van der Waals surface area (Å²) in [5, 5.41) is 5.31. The van der Waals surface area contributed by atoms with Crippen LogP contribution in [0.5, 0.6) is 0 Å². The van der Waals surface area contributed by atoms with Gasteiger partial charge in [-0.15, -0.1) is 0 Å². The van der Waals surface area contributed by atoms with Gasteiger partial charge in [0.05, 0.1) is 13.1 Å². The molecule has 0 aliphatic heterocycles. The number of amides is 2. The van der Waals surface area contributed by atoms with Crippen LogP contribution in [0.3, 0.4) is 0 Å². The first kappa shape index (κ1) is 12.0. The fourth-order valence-corrected chi connectivity index (χ4v) is 1.62. The Kier molecular flexibility index (Phi) is 4.55. The first-order valence-corrected chi connectivity index (χ1v) is 5.43. The lowest BCUT2D eigenvalue weighted by molar-refractivity contribution is -0.125. The minimum absolute atomic E-state index is 0.0331. The quantitative estimate of drug-likeness (QED) is 0.549. The number of rotatable bonds is 6. The lowest BCUT2D eigenvalue weighted by atomic mass is 10.2. The molecule has 1 rings (SSSR count). The maximum Gasteiger partial charge on any atom is 0.239 e. The molecule has 2 amide bonds. The fraction of sp³-hybridized carbons (Fsp3) is 0.800. The topological polar surface area (TPSA) is 84.2 Å². The molecule has 0 radical (unpaired) electrons. The Morgan fingerprint density at radius 3 is 2.73 bits per heavy atom. The Hall–Kier alpha value is -1.10. The van der Waals surface area contributed by atoms with Gasteiger partial charge in [-0.05, 0) is 18.8 Å². The predicted octanol–water partition coefficient (Wildman–Crippen LogP) is -0.634. The molecule has 0 heterocycles. The van der Waals surface area contributed by atoms with E-state index in [4.69, 9.17) is 5.73 Å². The largest absolute Gasteiger partial charge is 0.352 e. The van der Waals surface area contributed by atoms with E-state index in [1.807, 2.05) is 0 Å². The third-order valence-electron chi connectivity index (χ3n) is 2.56. The summed E-state index contributed by atoms with van der Waals surface area (Å²) in [6.07, 6.45) is 3.39. The van der Waals surface area contributed by atoms with Gasteiger partial charge in [0.25, 0.3) is 0 Å². The van der Waals surface area contributed by atoms with E-state index in [9.17, 15) is 9.59 Å². The molecule has 0 aromatic carbocycles. The molecule has 0 spiro atoms. The second-order valence-electron chi connectivity index (χ2n) is 3.94. The average molecular weight is 213 g/mol. The summed E-state index contributed by atoms with van der Waals surface area (Å²) >= 11 is 0. The van der Waals surface area contributed by atoms with E-state index in [0.717, 1.165) is 12.8 Å². The van der Waals surface area contributed by atoms with E-state index in [0.29, 0.717) is 12.0 Å². The molecule has 5 heteroatoms. The molecule has 0 bridgehead atoms. The Morgan fingerprint density at radius 1 is 1.40 bits per heavy atom. The number of carbonyl (C=O) groups is 2. The average Bonchev–Trinajstić information content (AvgIpc) is 2.93. The van der Waals surface area contributed by atoms with Crippen LogP contribution in [0.2, 0.25) is 0 Å². The first-order chi connectivity index (χ1) is 7.17. The molecule has 1 aliphatic rings. The standard InChI is InChI=1S/C10H19N3O2/c1-2-3-7-4-8(7)13-10(15)6-12-9(14)5-11/h7-8H,2-6,11H2,1H3,(H,12,14)(H,13,15). The number of carbonyl (C=O) groups excluding carboxylic acids is 2. The van der Waals surface area contributed by atoms with Crippen LogP contribution in [0.4, 0.5) is 0 Å². The second kappa shape index (κ2) is 5.70. The third kappa shape index (κ3) is 4.29. The van der Waals surface area contributed by atoms with E-state index in [2.05, 4.69) is 17.6 Å². The summed E-state index contributed by atoms with van der Waals surface area (Å²) in [6.45, 7) is 2.10. The van der Waals surface area contributed by atoms with Gasteiger partial charge in [-0.2, -0.15) is 0 Å². The molecular formula is C10H19N3O2. The van der Waals surface area contributed by atoms with Gasteiger partial charge >= 0.3 is 0 Å². The van der Waals surface area contributed by atoms with Gasteiger partial charge in [0.15, 0.2) is 0 Å². The zero-order valence-electron chi connectivity index (χ0n) is 9.08. The van der Waals surface area contributed by atoms with Crippen molar-refractivity contribution in [3.63, 3.8) is 0 Å². The summed E-state index contributed by atoms with van der Waals surface area (Å²) in [7, 11) is 0. The zero-order chi connectivity index (χ0) is 11.3. The Morgan fingerprint density at radius 2 is 2.13 bits per heavy atom. The highest BCUT2D eigenvalue weighted by molar-refractivity contribution is 5.85. The molecule has 1 aliphatic carbocycles. The van der Waals surface area contributed by atoms with Crippen molar-refractivity contribution in [1.29, 1.82) is 0 Å². The normalized spacial score (nSPS) is 23.3. The minimum atomic E-state index is -0.300. The smallest absolute Gasteiger partial charge is 0.239 e. The number of hydrogen-bond donors (Lipinski definition) is 3. The van der Waals surface area contributed by atoms with Crippen LogP contribution < -0.4 is 16.4 Å². The Bertz CT molecular complexity index is 243. The van der Waals surface area contributed by atoms with E-state index >= 15 is 0 Å². The van der Waals surface area contributed by atoms with Crippen molar-refractivity contribution in [2.24, 2.45) is 11.7 Å². The lowest BCUT2D eigenvalue weighted by Crippen LogP contribution is -2.40. The molecule has 0 aromatic rings. The summed E-state index contributed by atoms with van der Waals surface area (Å²) in [6, 6.07) is 0.326. The minimum Gasteiger partial charge on any atom is -0.352 e. The van der Waals surface area contributed by atoms with Crippen LogP contribution >= 0.6 is 0 Å². The molecule has 2 unspecified atom stereocenters.